The van der Waals surface area contributed by atoms with E-state index in [2.05, 4.69) is 28.1 Å². The standard InChI is InChI=1S/C15H19N3O2/c19-14-6-5-12(18-14)15(20)17-9-13-11-4-2-1-3-10(11)7-8-16-13/h1-4,12-13,16H,5-9H2,(H,17,20)(H,18,19)/t12-,13?/m1/s1. The molecule has 20 heavy (non-hydrogen) atoms. The van der Waals surface area contributed by atoms with Crippen LogP contribution >= 0.6 is 0 Å². The third-order valence-electron chi connectivity index (χ3n) is 4.01. The number of rotatable bonds is 3. The molecule has 1 fully saturated rings. The molecule has 1 unspecified atom stereocenters. The minimum Gasteiger partial charge on any atom is -0.352 e. The zero-order valence-electron chi connectivity index (χ0n) is 11.3. The summed E-state index contributed by atoms with van der Waals surface area (Å²) in [5.41, 5.74) is 2.61. The monoisotopic (exact) mass is 273 g/mol. The van der Waals surface area contributed by atoms with E-state index in [4.69, 9.17) is 0 Å². The van der Waals surface area contributed by atoms with E-state index >= 15 is 0 Å². The second-order valence-electron chi connectivity index (χ2n) is 5.36. The Labute approximate surface area is 118 Å². The molecule has 5 heteroatoms. The number of benzene rings is 1. The second-order valence-corrected chi connectivity index (χ2v) is 5.36. The number of carbonyl (C=O) groups excluding carboxylic acids is 2. The van der Waals surface area contributed by atoms with E-state index in [0.717, 1.165) is 13.0 Å². The lowest BCUT2D eigenvalue weighted by atomic mass is 9.94. The first kappa shape index (κ1) is 13.1. The Morgan fingerprint density at radius 2 is 2.15 bits per heavy atom. The third-order valence-corrected chi connectivity index (χ3v) is 4.01. The number of carbonyl (C=O) groups is 2. The van der Waals surface area contributed by atoms with Crippen LogP contribution in [0.4, 0.5) is 0 Å². The molecule has 0 aromatic heterocycles. The highest BCUT2D eigenvalue weighted by Crippen LogP contribution is 2.21. The first-order chi connectivity index (χ1) is 9.74. The number of nitrogens with one attached hydrogen (secondary N) is 3. The molecule has 0 aliphatic carbocycles. The maximum atomic E-state index is 12.0. The summed E-state index contributed by atoms with van der Waals surface area (Å²) in [6.07, 6.45) is 2.07. The van der Waals surface area contributed by atoms with Gasteiger partial charge in [0.2, 0.25) is 11.8 Å². The summed E-state index contributed by atoms with van der Waals surface area (Å²) >= 11 is 0. The van der Waals surface area contributed by atoms with Gasteiger partial charge in [0, 0.05) is 19.0 Å². The fraction of sp³-hybridized carbons (Fsp3) is 0.467. The van der Waals surface area contributed by atoms with Crippen molar-refractivity contribution in [3.63, 3.8) is 0 Å². The average molecular weight is 273 g/mol. The Morgan fingerprint density at radius 1 is 1.30 bits per heavy atom. The summed E-state index contributed by atoms with van der Waals surface area (Å²) in [4.78, 5) is 23.1. The summed E-state index contributed by atoms with van der Waals surface area (Å²) in [6, 6.07) is 8.12. The highest BCUT2D eigenvalue weighted by atomic mass is 16.2. The highest BCUT2D eigenvalue weighted by Gasteiger charge is 2.28. The molecule has 1 aromatic rings. The van der Waals surface area contributed by atoms with Gasteiger partial charge in [-0.3, -0.25) is 9.59 Å². The minimum absolute atomic E-state index is 0.0358. The molecule has 5 nitrogen and oxygen atoms in total. The Balaban J connectivity index is 1.59. The van der Waals surface area contributed by atoms with Crippen LogP contribution in [0.3, 0.4) is 0 Å². The van der Waals surface area contributed by atoms with Crippen LogP contribution in [0, 0.1) is 0 Å². The molecule has 2 aliphatic heterocycles. The molecule has 1 aromatic carbocycles. The number of hydrogen-bond acceptors (Lipinski definition) is 3. The van der Waals surface area contributed by atoms with E-state index in [-0.39, 0.29) is 23.9 Å². The topological polar surface area (TPSA) is 70.2 Å². The Bertz CT molecular complexity index is 530. The summed E-state index contributed by atoms with van der Waals surface area (Å²) < 4.78 is 0. The van der Waals surface area contributed by atoms with Gasteiger partial charge in [0.05, 0.1) is 0 Å². The van der Waals surface area contributed by atoms with E-state index in [9.17, 15) is 9.59 Å². The molecule has 2 atom stereocenters. The van der Waals surface area contributed by atoms with E-state index < -0.39 is 0 Å². The maximum Gasteiger partial charge on any atom is 0.242 e. The van der Waals surface area contributed by atoms with Crippen LogP contribution in [0.1, 0.15) is 30.0 Å². The van der Waals surface area contributed by atoms with Gasteiger partial charge in [0.1, 0.15) is 6.04 Å². The summed E-state index contributed by atoms with van der Waals surface area (Å²) in [5, 5.41) is 9.06. The maximum absolute atomic E-state index is 12.0. The van der Waals surface area contributed by atoms with Crippen LogP contribution in [0.25, 0.3) is 0 Å². The van der Waals surface area contributed by atoms with Gasteiger partial charge in [0.15, 0.2) is 0 Å². The van der Waals surface area contributed by atoms with Crippen LogP contribution in [-0.2, 0) is 16.0 Å². The van der Waals surface area contributed by atoms with Gasteiger partial charge in [-0.2, -0.15) is 0 Å². The van der Waals surface area contributed by atoms with Crippen molar-refractivity contribution in [3.05, 3.63) is 35.4 Å². The first-order valence-electron chi connectivity index (χ1n) is 7.12. The van der Waals surface area contributed by atoms with Crippen LogP contribution in [0.15, 0.2) is 24.3 Å². The predicted molar refractivity (Wildman–Crippen MR) is 75.1 cm³/mol. The molecular formula is C15H19N3O2. The van der Waals surface area contributed by atoms with Crippen LogP contribution in [0.2, 0.25) is 0 Å². The molecule has 0 bridgehead atoms. The molecule has 0 saturated carbocycles. The van der Waals surface area contributed by atoms with Crippen molar-refractivity contribution in [2.75, 3.05) is 13.1 Å². The summed E-state index contributed by atoms with van der Waals surface area (Å²) in [7, 11) is 0. The lowest BCUT2D eigenvalue weighted by Gasteiger charge is -2.27. The van der Waals surface area contributed by atoms with E-state index in [1.807, 2.05) is 12.1 Å². The van der Waals surface area contributed by atoms with Crippen molar-refractivity contribution in [2.24, 2.45) is 0 Å². The first-order valence-corrected chi connectivity index (χ1v) is 7.12. The van der Waals surface area contributed by atoms with Crippen molar-refractivity contribution < 1.29 is 9.59 Å². The van der Waals surface area contributed by atoms with E-state index in [1.54, 1.807) is 0 Å². The molecule has 1 saturated heterocycles. The van der Waals surface area contributed by atoms with Crippen molar-refractivity contribution in [2.45, 2.75) is 31.3 Å². The van der Waals surface area contributed by atoms with Crippen LogP contribution < -0.4 is 16.0 Å². The fourth-order valence-corrected chi connectivity index (χ4v) is 2.91. The lowest BCUT2D eigenvalue weighted by molar-refractivity contribution is -0.125. The second kappa shape index (κ2) is 5.63. The summed E-state index contributed by atoms with van der Waals surface area (Å²) in [6.45, 7) is 1.49. The van der Waals surface area contributed by atoms with Gasteiger partial charge in [0.25, 0.3) is 0 Å². The number of fused-ring (bicyclic) bond motifs is 1. The molecule has 0 radical (unpaired) electrons. The van der Waals surface area contributed by atoms with E-state index in [0.29, 0.717) is 19.4 Å². The Morgan fingerprint density at radius 3 is 2.95 bits per heavy atom. The van der Waals surface area contributed by atoms with Crippen LogP contribution in [-0.4, -0.2) is 30.9 Å². The van der Waals surface area contributed by atoms with Gasteiger partial charge in [-0.1, -0.05) is 24.3 Å². The number of amides is 2. The van der Waals surface area contributed by atoms with Gasteiger partial charge in [-0.15, -0.1) is 0 Å². The Kier molecular flexibility index (Phi) is 3.69. The third kappa shape index (κ3) is 2.67. The van der Waals surface area contributed by atoms with Crippen LogP contribution in [0.5, 0.6) is 0 Å². The lowest BCUT2D eigenvalue weighted by Crippen LogP contribution is -2.45. The molecule has 106 valence electrons. The Hall–Kier alpha value is -1.88. The fourth-order valence-electron chi connectivity index (χ4n) is 2.91. The SMILES string of the molecule is O=C1CC[C@H](C(=O)NCC2NCCc3ccccc32)N1. The number of hydrogen-bond donors (Lipinski definition) is 3. The molecule has 0 spiro atoms. The van der Waals surface area contributed by atoms with Gasteiger partial charge >= 0.3 is 0 Å². The molecular weight excluding hydrogens is 254 g/mol. The van der Waals surface area contributed by atoms with Gasteiger partial charge in [-0.05, 0) is 30.5 Å². The normalized spacial score (nSPS) is 24.9. The zero-order chi connectivity index (χ0) is 13.9. The molecule has 2 aliphatic rings. The average Bonchev–Trinajstić information content (AvgIpc) is 2.91. The molecule has 3 rings (SSSR count). The molecule has 2 amide bonds. The minimum atomic E-state index is -0.360. The predicted octanol–water partition coefficient (Wildman–Crippen LogP) is 0.268. The molecule has 3 N–H and O–H groups in total. The van der Waals surface area contributed by atoms with Crippen molar-refractivity contribution in [1.82, 2.24) is 16.0 Å². The largest absolute Gasteiger partial charge is 0.352 e. The van der Waals surface area contributed by atoms with Gasteiger partial charge in [-0.25, -0.2) is 0 Å². The zero-order valence-corrected chi connectivity index (χ0v) is 11.3. The van der Waals surface area contributed by atoms with Crippen molar-refractivity contribution in [3.8, 4) is 0 Å². The van der Waals surface area contributed by atoms with Crippen molar-refractivity contribution in [1.29, 1.82) is 0 Å². The van der Waals surface area contributed by atoms with Crippen molar-refractivity contribution >= 4 is 11.8 Å². The smallest absolute Gasteiger partial charge is 0.242 e. The molecule has 2 heterocycles. The highest BCUT2D eigenvalue weighted by molar-refractivity contribution is 5.90. The summed E-state index contributed by atoms with van der Waals surface area (Å²) in [5.74, 6) is -0.119. The van der Waals surface area contributed by atoms with Gasteiger partial charge < -0.3 is 16.0 Å². The van der Waals surface area contributed by atoms with E-state index in [1.165, 1.54) is 11.1 Å². The quantitative estimate of drug-likeness (QED) is 0.740.